The first-order chi connectivity index (χ1) is 9.06. The normalized spacial score (nSPS) is 18.8. The molecular formula is C19H28. The van der Waals surface area contributed by atoms with Gasteiger partial charge < -0.3 is 0 Å². The van der Waals surface area contributed by atoms with Crippen LogP contribution in [0.15, 0.2) is 46.6 Å². The van der Waals surface area contributed by atoms with E-state index in [1.807, 2.05) is 0 Å². The second kappa shape index (κ2) is 6.41. The van der Waals surface area contributed by atoms with Crippen LogP contribution in [0.4, 0.5) is 0 Å². The van der Waals surface area contributed by atoms with Crippen molar-refractivity contribution in [3.63, 3.8) is 0 Å². The van der Waals surface area contributed by atoms with Crippen molar-refractivity contribution in [2.24, 2.45) is 11.8 Å². The molecule has 2 aliphatic rings. The summed E-state index contributed by atoms with van der Waals surface area (Å²) >= 11 is 0. The van der Waals surface area contributed by atoms with Gasteiger partial charge in [-0.1, -0.05) is 74.3 Å². The minimum absolute atomic E-state index is 0.711. The summed E-state index contributed by atoms with van der Waals surface area (Å²) in [5.74, 6) is 1.42. The molecule has 104 valence electrons. The van der Waals surface area contributed by atoms with E-state index >= 15 is 0 Å². The summed E-state index contributed by atoms with van der Waals surface area (Å²) in [5.41, 5.74) is 6.35. The summed E-state index contributed by atoms with van der Waals surface area (Å²) in [6.45, 7) is 9.18. The van der Waals surface area contributed by atoms with E-state index < -0.39 is 0 Å². The van der Waals surface area contributed by atoms with E-state index in [0.29, 0.717) is 11.8 Å². The minimum atomic E-state index is 0.711. The van der Waals surface area contributed by atoms with Gasteiger partial charge in [-0.15, -0.1) is 0 Å². The zero-order valence-corrected chi connectivity index (χ0v) is 13.0. The van der Waals surface area contributed by atoms with Crippen molar-refractivity contribution < 1.29 is 0 Å². The third kappa shape index (κ3) is 3.96. The lowest BCUT2D eigenvalue weighted by molar-refractivity contribution is 0.752. The molecule has 0 saturated heterocycles. The van der Waals surface area contributed by atoms with E-state index in [2.05, 4.69) is 52.0 Å². The van der Waals surface area contributed by atoms with E-state index in [1.54, 1.807) is 22.3 Å². The van der Waals surface area contributed by atoms with Crippen LogP contribution >= 0.6 is 0 Å². The van der Waals surface area contributed by atoms with Crippen LogP contribution < -0.4 is 0 Å². The summed E-state index contributed by atoms with van der Waals surface area (Å²) in [4.78, 5) is 0. The molecule has 0 radical (unpaired) electrons. The molecule has 0 unspecified atom stereocenters. The van der Waals surface area contributed by atoms with Crippen LogP contribution in [0.1, 0.15) is 59.8 Å². The monoisotopic (exact) mass is 256 g/mol. The van der Waals surface area contributed by atoms with Gasteiger partial charge in [0, 0.05) is 0 Å². The fourth-order valence-electron chi connectivity index (χ4n) is 2.86. The van der Waals surface area contributed by atoms with E-state index in [1.165, 1.54) is 32.1 Å². The van der Waals surface area contributed by atoms with Gasteiger partial charge in [-0.3, -0.25) is 0 Å². The zero-order valence-electron chi connectivity index (χ0n) is 13.0. The first-order valence-corrected chi connectivity index (χ1v) is 7.85. The first kappa shape index (κ1) is 14.4. The van der Waals surface area contributed by atoms with Crippen LogP contribution in [0.3, 0.4) is 0 Å². The largest absolute Gasteiger partial charge is 0.0772 e. The number of allylic oxidation sites excluding steroid dienone is 8. The third-order valence-corrected chi connectivity index (χ3v) is 4.36. The molecular weight excluding hydrogens is 228 g/mol. The Morgan fingerprint density at radius 3 is 1.53 bits per heavy atom. The molecule has 19 heavy (non-hydrogen) atoms. The second-order valence-corrected chi connectivity index (χ2v) is 6.57. The van der Waals surface area contributed by atoms with Gasteiger partial charge in [0.15, 0.2) is 0 Å². The summed E-state index contributed by atoms with van der Waals surface area (Å²) in [6.07, 6.45) is 15.9. The highest BCUT2D eigenvalue weighted by Gasteiger charge is 2.11. The van der Waals surface area contributed by atoms with Gasteiger partial charge in [0.1, 0.15) is 0 Å². The molecule has 0 aromatic rings. The van der Waals surface area contributed by atoms with Gasteiger partial charge in [-0.05, 0) is 43.9 Å². The summed E-state index contributed by atoms with van der Waals surface area (Å²) in [6, 6.07) is 0. The van der Waals surface area contributed by atoms with Crippen LogP contribution in [0, 0.1) is 11.8 Å². The highest BCUT2D eigenvalue weighted by molar-refractivity contribution is 5.35. The maximum atomic E-state index is 2.43. The summed E-state index contributed by atoms with van der Waals surface area (Å²) in [5, 5.41) is 0. The van der Waals surface area contributed by atoms with Crippen LogP contribution in [0.5, 0.6) is 0 Å². The molecule has 0 fully saturated rings. The lowest BCUT2D eigenvalue weighted by Gasteiger charge is -2.04. The lowest BCUT2D eigenvalue weighted by atomic mass is 10.0. The molecule has 0 N–H and O–H groups in total. The first-order valence-electron chi connectivity index (χ1n) is 7.85. The minimum Gasteiger partial charge on any atom is -0.0772 e. The van der Waals surface area contributed by atoms with Gasteiger partial charge in [0.2, 0.25) is 0 Å². The number of hydrogen-bond acceptors (Lipinski definition) is 0. The topological polar surface area (TPSA) is 0 Å². The Labute approximate surface area is 119 Å². The van der Waals surface area contributed by atoms with E-state index in [-0.39, 0.29) is 0 Å². The van der Waals surface area contributed by atoms with E-state index in [0.717, 1.165) is 0 Å². The fraction of sp³-hybridized carbons (Fsp3) is 0.579. The molecule has 2 aliphatic carbocycles. The van der Waals surface area contributed by atoms with Crippen LogP contribution in [0.25, 0.3) is 0 Å². The molecule has 0 aliphatic heterocycles. The third-order valence-electron chi connectivity index (χ3n) is 4.36. The molecule has 2 rings (SSSR count). The van der Waals surface area contributed by atoms with Crippen LogP contribution in [0.2, 0.25) is 0 Å². The van der Waals surface area contributed by atoms with Crippen molar-refractivity contribution >= 4 is 0 Å². The fourth-order valence-corrected chi connectivity index (χ4v) is 2.86. The van der Waals surface area contributed by atoms with Crippen LogP contribution in [-0.2, 0) is 0 Å². The molecule has 0 aromatic heterocycles. The Morgan fingerprint density at radius 1 is 0.789 bits per heavy atom. The molecule has 0 atom stereocenters. The van der Waals surface area contributed by atoms with E-state index in [4.69, 9.17) is 0 Å². The van der Waals surface area contributed by atoms with E-state index in [9.17, 15) is 0 Å². The quantitative estimate of drug-likeness (QED) is 0.548. The molecule has 0 heterocycles. The van der Waals surface area contributed by atoms with Gasteiger partial charge in [-0.25, -0.2) is 0 Å². The maximum absolute atomic E-state index is 2.43. The Balaban J connectivity index is 1.74. The predicted molar refractivity (Wildman–Crippen MR) is 85.1 cm³/mol. The van der Waals surface area contributed by atoms with Crippen molar-refractivity contribution in [1.29, 1.82) is 0 Å². The van der Waals surface area contributed by atoms with Crippen LogP contribution in [-0.4, -0.2) is 0 Å². The predicted octanol–water partition coefficient (Wildman–Crippen LogP) is 5.98. The lowest BCUT2D eigenvalue weighted by Crippen LogP contribution is -1.89. The molecule has 0 nitrogen and oxygen atoms in total. The number of rotatable bonds is 6. The molecule has 0 amide bonds. The standard InChI is InChI=1S/C19H28/c1-14(2)18-10-8-16(12-18)6-5-7-17-9-11-19(13-17)15(3)4/h8-9,12-15H,5-7,10-11H2,1-4H3. The highest BCUT2D eigenvalue weighted by Crippen LogP contribution is 2.29. The van der Waals surface area contributed by atoms with Gasteiger partial charge in [0.25, 0.3) is 0 Å². The SMILES string of the molecule is CC(C)C1=CC(CCCC2=CCC(C(C)C)=C2)=CC1. The van der Waals surface area contributed by atoms with Crippen molar-refractivity contribution in [3.8, 4) is 0 Å². The smallest absolute Gasteiger partial charge is 0.0127 e. The van der Waals surface area contributed by atoms with Crippen molar-refractivity contribution in [3.05, 3.63) is 46.6 Å². The van der Waals surface area contributed by atoms with Gasteiger partial charge in [0.05, 0.1) is 0 Å². The molecule has 0 heteroatoms. The Hall–Kier alpha value is -1.04. The van der Waals surface area contributed by atoms with Crippen molar-refractivity contribution in [2.75, 3.05) is 0 Å². The van der Waals surface area contributed by atoms with Gasteiger partial charge >= 0.3 is 0 Å². The Morgan fingerprint density at radius 2 is 1.21 bits per heavy atom. The highest BCUT2D eigenvalue weighted by atomic mass is 14.2. The Bertz CT molecular complexity index is 397. The molecule has 0 saturated carbocycles. The Kier molecular flexibility index (Phi) is 4.85. The van der Waals surface area contributed by atoms with Crippen molar-refractivity contribution in [2.45, 2.75) is 59.8 Å². The average Bonchev–Trinajstić information content (AvgIpc) is 2.97. The summed E-state index contributed by atoms with van der Waals surface area (Å²) < 4.78 is 0. The summed E-state index contributed by atoms with van der Waals surface area (Å²) in [7, 11) is 0. The number of hydrogen-bond donors (Lipinski definition) is 0. The average molecular weight is 256 g/mol. The maximum Gasteiger partial charge on any atom is -0.0127 e. The van der Waals surface area contributed by atoms with Crippen molar-refractivity contribution in [1.82, 2.24) is 0 Å². The molecule has 0 bridgehead atoms. The molecule has 0 spiro atoms. The zero-order chi connectivity index (χ0) is 13.8. The molecule has 0 aromatic carbocycles. The van der Waals surface area contributed by atoms with Gasteiger partial charge in [-0.2, -0.15) is 0 Å². The second-order valence-electron chi connectivity index (χ2n) is 6.57.